The Labute approximate surface area is 235 Å². The fourth-order valence-corrected chi connectivity index (χ4v) is 5.20. The summed E-state index contributed by atoms with van der Waals surface area (Å²) in [5.74, 6) is 0. The molecule has 223 valence electrons. The third-order valence-electron chi connectivity index (χ3n) is 7.79. The molecule has 0 atom stereocenters. The van der Waals surface area contributed by atoms with Crippen molar-refractivity contribution in [2.24, 2.45) is 0 Å². The second-order valence-electron chi connectivity index (χ2n) is 11.8. The van der Waals surface area contributed by atoms with Crippen LogP contribution in [0.3, 0.4) is 0 Å². The van der Waals surface area contributed by atoms with Crippen LogP contribution in [0.5, 0.6) is 0 Å². The van der Waals surface area contributed by atoms with Gasteiger partial charge in [-0.3, -0.25) is 0 Å². The zero-order valence-corrected chi connectivity index (χ0v) is 26.2. The molecule has 0 saturated heterocycles. The fraction of sp³-hybridized carbons (Fsp3) is 0.971. The van der Waals surface area contributed by atoms with Crippen LogP contribution in [0.25, 0.3) is 0 Å². The third-order valence-corrected chi connectivity index (χ3v) is 7.79. The lowest BCUT2D eigenvalue weighted by molar-refractivity contribution is 0.0532. The van der Waals surface area contributed by atoms with E-state index in [0.29, 0.717) is 6.61 Å². The third kappa shape index (κ3) is 33.9. The molecule has 0 aliphatic rings. The van der Waals surface area contributed by atoms with E-state index in [9.17, 15) is 0 Å². The van der Waals surface area contributed by atoms with E-state index in [-0.39, 0.29) is 0 Å². The van der Waals surface area contributed by atoms with Crippen LogP contribution in [-0.2, 0) is 9.47 Å². The van der Waals surface area contributed by atoms with Crippen molar-refractivity contribution in [1.82, 2.24) is 0 Å². The summed E-state index contributed by atoms with van der Waals surface area (Å²) in [7, 11) is 0. The Bertz CT molecular complexity index is 383. The molecule has 2 nitrogen and oxygen atoms in total. The Morgan fingerprint density at radius 3 is 0.946 bits per heavy atom. The molecule has 0 saturated carbocycles. The van der Waals surface area contributed by atoms with Gasteiger partial charge < -0.3 is 9.47 Å². The molecule has 37 heavy (non-hydrogen) atoms. The SMILES string of the molecule is CCCCCCCCCCCCCCCCOC[C](C)OCCCCCCCCCCCCCCCC. The average Bonchev–Trinajstić information content (AvgIpc) is 2.90. The van der Waals surface area contributed by atoms with E-state index in [1.807, 2.05) is 0 Å². The van der Waals surface area contributed by atoms with Gasteiger partial charge in [-0.1, -0.05) is 181 Å². The summed E-state index contributed by atoms with van der Waals surface area (Å²) in [6.45, 7) is 9.10. The maximum Gasteiger partial charge on any atom is 0.119 e. The highest BCUT2D eigenvalue weighted by atomic mass is 16.5. The highest BCUT2D eigenvalue weighted by Crippen LogP contribution is 2.15. The molecule has 0 spiro atoms. The van der Waals surface area contributed by atoms with Crippen LogP contribution in [0.4, 0.5) is 0 Å². The molecule has 0 aromatic heterocycles. The van der Waals surface area contributed by atoms with Crippen molar-refractivity contribution in [3.8, 4) is 0 Å². The Balaban J connectivity index is 3.13. The molecular weight excluding hydrogens is 452 g/mol. The lowest BCUT2D eigenvalue weighted by Crippen LogP contribution is -2.09. The first-order valence-corrected chi connectivity index (χ1v) is 17.3. The molecule has 2 heteroatoms. The number of unbranched alkanes of at least 4 members (excludes halogenated alkanes) is 26. The summed E-state index contributed by atoms with van der Waals surface area (Å²) < 4.78 is 11.7. The number of ether oxygens (including phenoxy) is 2. The Hall–Kier alpha value is -0.0800. The summed E-state index contributed by atoms with van der Waals surface area (Å²) >= 11 is 0. The molecule has 0 unspecified atom stereocenters. The molecule has 1 radical (unpaired) electrons. The zero-order valence-electron chi connectivity index (χ0n) is 26.2. The zero-order chi connectivity index (χ0) is 26.9. The molecule has 0 aromatic rings. The van der Waals surface area contributed by atoms with Crippen LogP contribution in [0, 0.1) is 6.10 Å². The summed E-state index contributed by atoms with van der Waals surface area (Å²) in [4.78, 5) is 0. The molecule has 0 N–H and O–H groups in total. The molecule has 0 aliphatic carbocycles. The van der Waals surface area contributed by atoms with Crippen molar-refractivity contribution in [3.05, 3.63) is 6.10 Å². The van der Waals surface area contributed by atoms with E-state index < -0.39 is 0 Å². The quantitative estimate of drug-likeness (QED) is 0.0796. The smallest absolute Gasteiger partial charge is 0.119 e. The molecule has 0 bridgehead atoms. The van der Waals surface area contributed by atoms with E-state index in [2.05, 4.69) is 20.8 Å². The summed E-state index contributed by atoms with van der Waals surface area (Å²) in [5.41, 5.74) is 0. The van der Waals surface area contributed by atoms with Crippen LogP contribution in [-0.4, -0.2) is 19.8 Å². The largest absolute Gasteiger partial charge is 0.378 e. The standard InChI is InChI=1S/C35H71O2/c1-4-6-8-10-12-14-16-18-20-22-24-26-28-30-32-36-34-35(3)37-33-31-29-27-25-23-21-19-17-15-13-11-9-7-5-2/h4-34H2,1-3H3. The van der Waals surface area contributed by atoms with Gasteiger partial charge in [0.25, 0.3) is 0 Å². The van der Waals surface area contributed by atoms with Crippen LogP contribution in [0.15, 0.2) is 0 Å². The van der Waals surface area contributed by atoms with Gasteiger partial charge in [-0.25, -0.2) is 0 Å². The second kappa shape index (κ2) is 33.9. The molecule has 0 aromatic carbocycles. The van der Waals surface area contributed by atoms with Crippen LogP contribution < -0.4 is 0 Å². The molecule has 0 amide bonds. The first-order valence-electron chi connectivity index (χ1n) is 17.3. The molecule has 0 fully saturated rings. The Kier molecular flexibility index (Phi) is 33.9. The number of hydrogen-bond donors (Lipinski definition) is 0. The van der Waals surface area contributed by atoms with Gasteiger partial charge in [0.1, 0.15) is 6.10 Å². The van der Waals surface area contributed by atoms with Gasteiger partial charge in [-0.05, 0) is 19.8 Å². The predicted molar refractivity (Wildman–Crippen MR) is 166 cm³/mol. The Morgan fingerprint density at radius 2 is 0.622 bits per heavy atom. The topological polar surface area (TPSA) is 18.5 Å². The highest BCUT2D eigenvalue weighted by molar-refractivity contribution is 4.69. The first kappa shape index (κ1) is 36.9. The van der Waals surface area contributed by atoms with Crippen LogP contribution in [0.1, 0.15) is 201 Å². The van der Waals surface area contributed by atoms with E-state index in [1.54, 1.807) is 0 Å². The van der Waals surface area contributed by atoms with Gasteiger partial charge in [0.15, 0.2) is 0 Å². The minimum absolute atomic E-state index is 0.678. The first-order chi connectivity index (χ1) is 18.3. The van der Waals surface area contributed by atoms with E-state index in [0.717, 1.165) is 19.3 Å². The summed E-state index contributed by atoms with van der Waals surface area (Å²) in [6, 6.07) is 0. The van der Waals surface area contributed by atoms with E-state index in [4.69, 9.17) is 9.47 Å². The van der Waals surface area contributed by atoms with Gasteiger partial charge in [-0.15, -0.1) is 0 Å². The van der Waals surface area contributed by atoms with Crippen molar-refractivity contribution in [2.45, 2.75) is 201 Å². The summed E-state index contributed by atoms with van der Waals surface area (Å²) in [6.07, 6.45) is 40.4. The van der Waals surface area contributed by atoms with E-state index >= 15 is 0 Å². The number of hydrogen-bond acceptors (Lipinski definition) is 2. The average molecular weight is 524 g/mol. The lowest BCUT2D eigenvalue weighted by atomic mass is 10.0. The normalized spacial score (nSPS) is 11.7. The Morgan fingerprint density at radius 1 is 0.351 bits per heavy atom. The molecule has 0 heterocycles. The van der Waals surface area contributed by atoms with Crippen molar-refractivity contribution in [2.75, 3.05) is 19.8 Å². The van der Waals surface area contributed by atoms with Gasteiger partial charge in [0.05, 0.1) is 6.61 Å². The van der Waals surface area contributed by atoms with Gasteiger partial charge in [0, 0.05) is 13.2 Å². The maximum absolute atomic E-state index is 5.86. The minimum Gasteiger partial charge on any atom is -0.378 e. The lowest BCUT2D eigenvalue weighted by Gasteiger charge is -2.12. The van der Waals surface area contributed by atoms with Crippen molar-refractivity contribution >= 4 is 0 Å². The van der Waals surface area contributed by atoms with Crippen LogP contribution in [0.2, 0.25) is 0 Å². The van der Waals surface area contributed by atoms with Gasteiger partial charge >= 0.3 is 0 Å². The minimum atomic E-state index is 0.678. The van der Waals surface area contributed by atoms with E-state index in [1.165, 1.54) is 180 Å². The number of rotatable bonds is 33. The fourth-order valence-electron chi connectivity index (χ4n) is 5.20. The summed E-state index contributed by atoms with van der Waals surface area (Å²) in [5, 5.41) is 0. The van der Waals surface area contributed by atoms with Gasteiger partial charge in [-0.2, -0.15) is 0 Å². The molecule has 0 aliphatic heterocycles. The molecular formula is C35H71O2. The molecule has 0 rings (SSSR count). The van der Waals surface area contributed by atoms with Crippen molar-refractivity contribution in [1.29, 1.82) is 0 Å². The van der Waals surface area contributed by atoms with Crippen molar-refractivity contribution < 1.29 is 9.47 Å². The van der Waals surface area contributed by atoms with Gasteiger partial charge in [0.2, 0.25) is 0 Å². The van der Waals surface area contributed by atoms with Crippen molar-refractivity contribution in [3.63, 3.8) is 0 Å². The monoisotopic (exact) mass is 524 g/mol. The van der Waals surface area contributed by atoms with Crippen LogP contribution >= 0.6 is 0 Å². The highest BCUT2D eigenvalue weighted by Gasteiger charge is 2.03. The maximum atomic E-state index is 5.86. The predicted octanol–water partition coefficient (Wildman–Crippen LogP) is 12.5. The second-order valence-corrected chi connectivity index (χ2v) is 11.8.